The van der Waals surface area contributed by atoms with Crippen molar-refractivity contribution in [1.82, 2.24) is 29.1 Å². The molecule has 17 heteroatoms. The lowest BCUT2D eigenvalue weighted by atomic mass is 10.0. The molecular weight excluding hydrogens is 541 g/mol. The number of β-lactam (4-membered cyclic amide) rings is 1. The van der Waals surface area contributed by atoms with Gasteiger partial charge in [-0.25, -0.2) is 8.96 Å². The summed E-state index contributed by atoms with van der Waals surface area (Å²) in [6.45, 7) is 1.58. The number of pyridine rings is 1. The average molecular weight is 562 g/mol. The number of amides is 2. The second kappa shape index (κ2) is 10.3. The number of oxime groups is 1. The van der Waals surface area contributed by atoms with Crippen LogP contribution in [-0.4, -0.2) is 71.3 Å². The number of nitrogens with two attached hydrogens (primary N) is 1. The summed E-state index contributed by atoms with van der Waals surface area (Å²) in [7, 11) is 0. The maximum absolute atomic E-state index is 13.0. The van der Waals surface area contributed by atoms with Gasteiger partial charge in [0.15, 0.2) is 5.13 Å². The molecule has 198 valence electrons. The molecule has 2 unspecified atom stereocenters. The number of carbonyl (C=O) groups is 3. The van der Waals surface area contributed by atoms with E-state index in [1.54, 1.807) is 12.5 Å². The number of alkyl halides is 1. The van der Waals surface area contributed by atoms with E-state index in [-0.39, 0.29) is 29.0 Å². The Balaban J connectivity index is 1.38. The monoisotopic (exact) mass is 561 g/mol. The molecule has 2 amide bonds. The molecule has 5 heterocycles. The highest BCUT2D eigenvalue weighted by Crippen LogP contribution is 2.40. The first-order valence-electron chi connectivity index (χ1n) is 11.2. The highest BCUT2D eigenvalue weighted by Gasteiger charge is 2.53. The molecule has 0 spiro atoms. The number of aliphatic carboxylic acids is 1. The van der Waals surface area contributed by atoms with E-state index in [1.165, 1.54) is 11.8 Å². The molecule has 38 heavy (non-hydrogen) atoms. The third-order valence-electron chi connectivity index (χ3n) is 5.95. The summed E-state index contributed by atoms with van der Waals surface area (Å²) < 4.78 is 20.2. The van der Waals surface area contributed by atoms with Crippen molar-refractivity contribution in [2.24, 2.45) is 5.16 Å². The van der Waals surface area contributed by atoms with Gasteiger partial charge in [-0.3, -0.25) is 14.5 Å². The number of nitrogens with one attached hydrogen (secondary N) is 1. The van der Waals surface area contributed by atoms with Gasteiger partial charge in [0.05, 0.1) is 17.9 Å². The second-order valence-electron chi connectivity index (χ2n) is 8.11. The summed E-state index contributed by atoms with van der Waals surface area (Å²) >= 11 is 2.07. The molecule has 0 bridgehead atoms. The number of imidazole rings is 1. The van der Waals surface area contributed by atoms with Gasteiger partial charge in [-0.05, 0) is 24.0 Å². The van der Waals surface area contributed by atoms with Crippen molar-refractivity contribution >= 4 is 63.1 Å². The number of nitrogen functional groups attached to an aromatic ring is 1. The van der Waals surface area contributed by atoms with Gasteiger partial charge in [0.25, 0.3) is 18.7 Å². The fourth-order valence-electron chi connectivity index (χ4n) is 4.27. The lowest BCUT2D eigenvalue weighted by Gasteiger charge is -2.50. The molecule has 1 saturated heterocycles. The Morgan fingerprint density at radius 1 is 1.45 bits per heavy atom. The van der Waals surface area contributed by atoms with Crippen LogP contribution in [0.15, 0.2) is 41.1 Å². The van der Waals surface area contributed by atoms with E-state index in [9.17, 15) is 23.9 Å². The molecule has 3 N–H and O–H groups in total. The van der Waals surface area contributed by atoms with Gasteiger partial charge in [-0.2, -0.15) is 9.36 Å². The Labute approximate surface area is 222 Å². The summed E-state index contributed by atoms with van der Waals surface area (Å²) in [4.78, 5) is 51.8. The van der Waals surface area contributed by atoms with Crippen molar-refractivity contribution in [3.63, 3.8) is 0 Å². The number of carboxylic acid groups (broad SMARTS) is 1. The minimum absolute atomic E-state index is 0.0424. The van der Waals surface area contributed by atoms with Gasteiger partial charge >= 0.3 is 5.65 Å². The first kappa shape index (κ1) is 25.5. The predicted octanol–water partition coefficient (Wildman–Crippen LogP) is -1.47. The van der Waals surface area contributed by atoms with Crippen LogP contribution in [0.4, 0.5) is 9.52 Å². The Bertz CT molecular complexity index is 1500. The van der Waals surface area contributed by atoms with Crippen LogP contribution in [0.1, 0.15) is 12.7 Å². The highest BCUT2D eigenvalue weighted by molar-refractivity contribution is 8.00. The number of fused-ring (bicyclic) bond motifs is 2. The fourth-order valence-corrected chi connectivity index (χ4v) is 6.04. The van der Waals surface area contributed by atoms with E-state index < -0.39 is 41.8 Å². The molecule has 2 aliphatic rings. The highest BCUT2D eigenvalue weighted by atomic mass is 32.2. The van der Waals surface area contributed by atoms with Crippen molar-refractivity contribution in [1.29, 1.82) is 0 Å². The van der Waals surface area contributed by atoms with Crippen LogP contribution in [0, 0.1) is 0 Å². The SMILES string of the molecule is CCn1cnc2c1ccc[n+]2CC1=C(C(=O)[O-])N2C(=O)C(NC(=O)/C(=N/OCF)c3nsc(N)n3)C2SC1. The zero-order valence-corrected chi connectivity index (χ0v) is 21.4. The number of carboxylic acids is 1. The maximum Gasteiger partial charge on any atom is 0.349 e. The summed E-state index contributed by atoms with van der Waals surface area (Å²) in [5.74, 6) is -3.00. The molecule has 1 fully saturated rings. The summed E-state index contributed by atoms with van der Waals surface area (Å²) in [6.07, 6.45) is 3.49. The maximum atomic E-state index is 13.0. The number of aryl methyl sites for hydroxylation is 1. The van der Waals surface area contributed by atoms with Crippen molar-refractivity contribution in [3.8, 4) is 0 Å². The Kier molecular flexibility index (Phi) is 6.94. The number of hydrogen-bond donors (Lipinski definition) is 2. The number of rotatable bonds is 9. The van der Waals surface area contributed by atoms with E-state index in [1.807, 2.05) is 28.2 Å². The van der Waals surface area contributed by atoms with E-state index in [4.69, 9.17) is 5.73 Å². The molecule has 0 saturated carbocycles. The zero-order chi connectivity index (χ0) is 27.0. The lowest BCUT2D eigenvalue weighted by Crippen LogP contribution is -2.71. The molecule has 2 aliphatic heterocycles. The molecule has 0 radical (unpaired) electrons. The average Bonchev–Trinajstić information content (AvgIpc) is 3.53. The topological polar surface area (TPSA) is 185 Å². The predicted molar refractivity (Wildman–Crippen MR) is 131 cm³/mol. The van der Waals surface area contributed by atoms with Gasteiger partial charge in [-0.1, -0.05) is 5.16 Å². The molecule has 0 aliphatic carbocycles. The molecular formula is C21H20FN9O5S2. The number of carbonyl (C=O) groups excluding carboxylic acids is 3. The quantitative estimate of drug-likeness (QED) is 0.135. The van der Waals surface area contributed by atoms with E-state index in [0.29, 0.717) is 11.2 Å². The van der Waals surface area contributed by atoms with Crippen LogP contribution >= 0.6 is 23.3 Å². The van der Waals surface area contributed by atoms with Crippen molar-refractivity contribution < 1.29 is 33.3 Å². The summed E-state index contributed by atoms with van der Waals surface area (Å²) in [6, 6.07) is 2.68. The first-order valence-corrected chi connectivity index (χ1v) is 13.0. The third kappa shape index (κ3) is 4.43. The smallest absolute Gasteiger partial charge is 0.349 e. The fraction of sp³-hybridized carbons (Fsp3) is 0.333. The lowest BCUT2D eigenvalue weighted by molar-refractivity contribution is -0.664. The number of aromatic nitrogens is 5. The zero-order valence-electron chi connectivity index (χ0n) is 19.7. The van der Waals surface area contributed by atoms with Gasteiger partial charge in [0.1, 0.15) is 23.5 Å². The van der Waals surface area contributed by atoms with Crippen molar-refractivity contribution in [2.45, 2.75) is 31.4 Å². The van der Waals surface area contributed by atoms with E-state index in [0.717, 1.165) is 28.5 Å². The molecule has 0 aromatic carbocycles. The Morgan fingerprint density at radius 2 is 2.26 bits per heavy atom. The summed E-state index contributed by atoms with van der Waals surface area (Å²) in [5.41, 5.74) is 6.86. The van der Waals surface area contributed by atoms with Gasteiger partial charge in [0, 0.05) is 29.4 Å². The van der Waals surface area contributed by atoms with E-state index >= 15 is 0 Å². The minimum atomic E-state index is -1.50. The molecule has 3 aromatic heterocycles. The van der Waals surface area contributed by atoms with Gasteiger partial charge in [0.2, 0.25) is 17.9 Å². The normalized spacial score (nSPS) is 19.4. The number of nitrogens with zero attached hydrogens (tertiary/aromatic N) is 7. The molecule has 3 aromatic rings. The van der Waals surface area contributed by atoms with Crippen LogP contribution in [0.3, 0.4) is 0 Å². The molecule has 5 rings (SSSR count). The largest absolute Gasteiger partial charge is 0.543 e. The summed E-state index contributed by atoms with van der Waals surface area (Å²) in [5, 5.41) is 17.4. The van der Waals surface area contributed by atoms with Crippen LogP contribution in [0.2, 0.25) is 0 Å². The number of hydrogen-bond acceptors (Lipinski definition) is 12. The Hall–Kier alpha value is -4.12. The van der Waals surface area contributed by atoms with Crippen LogP contribution in [-0.2, 0) is 32.3 Å². The number of anilines is 1. The first-order chi connectivity index (χ1) is 18.3. The van der Waals surface area contributed by atoms with Crippen LogP contribution in [0.5, 0.6) is 0 Å². The third-order valence-corrected chi connectivity index (χ3v) is 7.83. The molecule has 2 atom stereocenters. The van der Waals surface area contributed by atoms with E-state index in [2.05, 4.69) is 29.7 Å². The Morgan fingerprint density at radius 3 is 2.95 bits per heavy atom. The van der Waals surface area contributed by atoms with Crippen LogP contribution < -0.4 is 20.7 Å². The molecule has 14 nitrogen and oxygen atoms in total. The van der Waals surface area contributed by atoms with Crippen molar-refractivity contribution in [2.75, 3.05) is 18.3 Å². The van der Waals surface area contributed by atoms with Gasteiger partial charge < -0.3 is 30.4 Å². The minimum Gasteiger partial charge on any atom is -0.543 e. The standard InChI is InChI=1S/C21H20FN9O5S2/c1-2-29-9-24-16-11(29)4-3-5-30(16)6-10-7-37-19-13(18(33)31(19)14(10)20(34)35)25-17(32)12(27-36-8-22)15-26-21(23)38-28-15/h3-5,9,13,19H,2,6-8H2,1H3,(H3-,23,25,26,28,32,34,35)/b27-12+. The number of thioether (sulfide) groups is 1. The second-order valence-corrected chi connectivity index (χ2v) is 10.00. The number of halogens is 1. The van der Waals surface area contributed by atoms with Crippen molar-refractivity contribution in [3.05, 3.63) is 41.8 Å². The van der Waals surface area contributed by atoms with Gasteiger partial charge in [-0.15, -0.1) is 11.8 Å². The van der Waals surface area contributed by atoms with Crippen LogP contribution in [0.25, 0.3) is 11.2 Å².